The van der Waals surface area contributed by atoms with E-state index in [9.17, 15) is 0 Å². The van der Waals surface area contributed by atoms with Crippen LogP contribution < -0.4 is 0 Å². The van der Waals surface area contributed by atoms with Gasteiger partial charge in [0, 0.05) is 0 Å². The lowest BCUT2D eigenvalue weighted by Gasteiger charge is -2.18. The predicted octanol–water partition coefficient (Wildman–Crippen LogP) is 3.54. The van der Waals surface area contributed by atoms with Crippen molar-refractivity contribution < 1.29 is 0 Å². The van der Waals surface area contributed by atoms with E-state index in [1.54, 1.807) is 11.1 Å². The summed E-state index contributed by atoms with van der Waals surface area (Å²) in [6.45, 7) is 4.73. The number of fused-ring (bicyclic) bond motifs is 3. The van der Waals surface area contributed by atoms with E-state index in [4.69, 9.17) is 0 Å². The summed E-state index contributed by atoms with van der Waals surface area (Å²) in [6, 6.07) is 9.06. The highest BCUT2D eigenvalue weighted by Gasteiger charge is 2.52. The Morgan fingerprint density at radius 2 is 1.85 bits per heavy atom. The molecule has 0 aliphatic heterocycles. The third-order valence-corrected chi connectivity index (χ3v) is 3.77. The smallest absolute Gasteiger partial charge is 0.0102 e. The molecule has 3 rings (SSSR count). The molecule has 1 aromatic rings. The largest absolute Gasteiger partial charge is 0.0622 e. The average molecular weight is 172 g/mol. The van der Waals surface area contributed by atoms with Gasteiger partial charge in [-0.3, -0.25) is 0 Å². The van der Waals surface area contributed by atoms with E-state index in [0.717, 1.165) is 23.7 Å². The monoisotopic (exact) mass is 172 g/mol. The molecule has 0 spiro atoms. The minimum Gasteiger partial charge on any atom is -0.0622 e. The van der Waals surface area contributed by atoms with Gasteiger partial charge in [0.1, 0.15) is 0 Å². The van der Waals surface area contributed by atoms with E-state index < -0.39 is 0 Å². The van der Waals surface area contributed by atoms with E-state index in [0.29, 0.717) is 0 Å². The number of hydrogen-bond acceptors (Lipinski definition) is 0. The third-order valence-electron chi connectivity index (χ3n) is 3.77. The molecule has 0 aromatic heterocycles. The van der Waals surface area contributed by atoms with Crippen molar-refractivity contribution in [3.63, 3.8) is 0 Å². The molecule has 0 amide bonds. The lowest BCUT2D eigenvalue weighted by atomic mass is 9.86. The highest BCUT2D eigenvalue weighted by molar-refractivity contribution is 5.45. The maximum atomic E-state index is 2.36. The molecule has 1 saturated carbocycles. The number of benzene rings is 1. The SMILES string of the molecule is CC(C)C1c2ccccc2C2CC21. The first-order valence-electron chi connectivity index (χ1n) is 5.38. The van der Waals surface area contributed by atoms with Gasteiger partial charge < -0.3 is 0 Å². The molecule has 0 heteroatoms. The summed E-state index contributed by atoms with van der Waals surface area (Å²) in [5.74, 6) is 3.61. The predicted molar refractivity (Wildman–Crippen MR) is 54.9 cm³/mol. The highest BCUT2D eigenvalue weighted by Crippen LogP contribution is 2.64. The second kappa shape index (κ2) is 2.37. The maximum absolute atomic E-state index is 2.36. The molecule has 2 aliphatic rings. The van der Waals surface area contributed by atoms with Gasteiger partial charge in [-0.25, -0.2) is 0 Å². The first-order chi connectivity index (χ1) is 6.29. The van der Waals surface area contributed by atoms with Crippen LogP contribution in [0.4, 0.5) is 0 Å². The molecule has 13 heavy (non-hydrogen) atoms. The van der Waals surface area contributed by atoms with E-state index >= 15 is 0 Å². The quantitative estimate of drug-likeness (QED) is 0.607. The van der Waals surface area contributed by atoms with Crippen molar-refractivity contribution in [2.75, 3.05) is 0 Å². The third kappa shape index (κ3) is 0.919. The Morgan fingerprint density at radius 1 is 1.15 bits per heavy atom. The molecule has 0 N–H and O–H groups in total. The number of rotatable bonds is 1. The fourth-order valence-electron chi connectivity index (χ4n) is 3.21. The minimum atomic E-state index is 0.818. The Labute approximate surface area is 80.0 Å². The van der Waals surface area contributed by atoms with Crippen LogP contribution in [0.15, 0.2) is 24.3 Å². The van der Waals surface area contributed by atoms with Gasteiger partial charge in [-0.05, 0) is 41.2 Å². The van der Waals surface area contributed by atoms with Gasteiger partial charge in [-0.1, -0.05) is 38.1 Å². The number of hydrogen-bond donors (Lipinski definition) is 0. The molecule has 1 fully saturated rings. The van der Waals surface area contributed by atoms with Crippen LogP contribution in [-0.2, 0) is 0 Å². The van der Waals surface area contributed by atoms with Crippen molar-refractivity contribution in [2.24, 2.45) is 11.8 Å². The summed E-state index contributed by atoms with van der Waals surface area (Å²) >= 11 is 0. The van der Waals surface area contributed by atoms with E-state index in [1.165, 1.54) is 6.42 Å². The molecule has 0 nitrogen and oxygen atoms in total. The molecule has 3 unspecified atom stereocenters. The van der Waals surface area contributed by atoms with Gasteiger partial charge in [-0.2, -0.15) is 0 Å². The van der Waals surface area contributed by atoms with Gasteiger partial charge in [0.15, 0.2) is 0 Å². The summed E-state index contributed by atoms with van der Waals surface area (Å²) in [4.78, 5) is 0. The topological polar surface area (TPSA) is 0 Å². The van der Waals surface area contributed by atoms with Crippen molar-refractivity contribution in [3.05, 3.63) is 35.4 Å². The van der Waals surface area contributed by atoms with Crippen molar-refractivity contribution in [3.8, 4) is 0 Å². The molecule has 1 aromatic carbocycles. The fraction of sp³-hybridized carbons (Fsp3) is 0.538. The van der Waals surface area contributed by atoms with Crippen molar-refractivity contribution in [1.29, 1.82) is 0 Å². The Balaban J connectivity index is 2.10. The lowest BCUT2D eigenvalue weighted by molar-refractivity contribution is 0.462. The zero-order chi connectivity index (χ0) is 9.00. The van der Waals surface area contributed by atoms with E-state index in [1.807, 2.05) is 0 Å². The van der Waals surface area contributed by atoms with Crippen LogP contribution in [0.25, 0.3) is 0 Å². The van der Waals surface area contributed by atoms with Gasteiger partial charge in [0.05, 0.1) is 0 Å². The molecule has 3 atom stereocenters. The van der Waals surface area contributed by atoms with Gasteiger partial charge in [-0.15, -0.1) is 0 Å². The van der Waals surface area contributed by atoms with Crippen molar-refractivity contribution >= 4 is 0 Å². The van der Waals surface area contributed by atoms with Crippen LogP contribution in [-0.4, -0.2) is 0 Å². The molecule has 2 aliphatic carbocycles. The summed E-state index contributed by atoms with van der Waals surface area (Å²) in [5, 5.41) is 0. The maximum Gasteiger partial charge on any atom is -0.0102 e. The summed E-state index contributed by atoms with van der Waals surface area (Å²) in [7, 11) is 0. The van der Waals surface area contributed by atoms with Gasteiger partial charge >= 0.3 is 0 Å². The summed E-state index contributed by atoms with van der Waals surface area (Å²) in [6.07, 6.45) is 1.46. The Bertz CT molecular complexity index is 338. The van der Waals surface area contributed by atoms with Gasteiger partial charge in [0.2, 0.25) is 0 Å². The zero-order valence-corrected chi connectivity index (χ0v) is 8.33. The average Bonchev–Trinajstić information content (AvgIpc) is 2.81. The van der Waals surface area contributed by atoms with Crippen molar-refractivity contribution in [1.82, 2.24) is 0 Å². The minimum absolute atomic E-state index is 0.818. The van der Waals surface area contributed by atoms with Crippen molar-refractivity contribution in [2.45, 2.75) is 32.1 Å². The van der Waals surface area contributed by atoms with Crippen LogP contribution in [0.3, 0.4) is 0 Å². The first-order valence-corrected chi connectivity index (χ1v) is 5.38. The first kappa shape index (κ1) is 7.61. The Kier molecular flexibility index (Phi) is 1.39. The Morgan fingerprint density at radius 3 is 2.54 bits per heavy atom. The molecular formula is C13H16. The van der Waals surface area contributed by atoms with E-state index in [-0.39, 0.29) is 0 Å². The van der Waals surface area contributed by atoms with Gasteiger partial charge in [0.25, 0.3) is 0 Å². The molecule has 0 heterocycles. The lowest BCUT2D eigenvalue weighted by Crippen LogP contribution is -2.06. The molecule has 0 bridgehead atoms. The van der Waals surface area contributed by atoms with Crippen LogP contribution in [0.2, 0.25) is 0 Å². The zero-order valence-electron chi connectivity index (χ0n) is 8.33. The van der Waals surface area contributed by atoms with E-state index in [2.05, 4.69) is 38.1 Å². The molecule has 0 saturated heterocycles. The van der Waals surface area contributed by atoms with Crippen LogP contribution in [0.5, 0.6) is 0 Å². The van der Waals surface area contributed by atoms with Crippen LogP contribution >= 0.6 is 0 Å². The second-order valence-electron chi connectivity index (χ2n) is 4.90. The standard InChI is InChI=1S/C13H16/c1-8(2)13-10-6-4-3-5-9(10)11-7-12(11)13/h3-6,8,11-13H,7H2,1-2H3. The fourth-order valence-corrected chi connectivity index (χ4v) is 3.21. The molecular weight excluding hydrogens is 156 g/mol. The normalized spacial score (nSPS) is 34.5. The highest BCUT2D eigenvalue weighted by atomic mass is 14.6. The van der Waals surface area contributed by atoms with Crippen LogP contribution in [0, 0.1) is 11.8 Å². The molecule has 68 valence electrons. The van der Waals surface area contributed by atoms with Crippen LogP contribution in [0.1, 0.15) is 43.2 Å². The second-order valence-corrected chi connectivity index (χ2v) is 4.90. The summed E-state index contributed by atoms with van der Waals surface area (Å²) < 4.78 is 0. The summed E-state index contributed by atoms with van der Waals surface area (Å²) in [5.41, 5.74) is 3.31. The Hall–Kier alpha value is -0.780. The molecule has 0 radical (unpaired) electrons.